The molecule has 0 amide bonds. The monoisotopic (exact) mass is 391 g/mol. The van der Waals surface area contributed by atoms with Crippen LogP contribution in [0.15, 0.2) is 29.3 Å². The van der Waals surface area contributed by atoms with Gasteiger partial charge in [0.15, 0.2) is 5.78 Å². The number of aliphatic hydroxyl groups excluding tert-OH is 1. The first kappa shape index (κ1) is 20.3. The van der Waals surface area contributed by atoms with Crippen LogP contribution in [0.5, 0.6) is 0 Å². The van der Waals surface area contributed by atoms with Gasteiger partial charge in [-0.2, -0.15) is 13.2 Å². The number of hydrogen-bond acceptors (Lipinski definition) is 5. The Kier molecular flexibility index (Phi) is 6.05. The van der Waals surface area contributed by atoms with Gasteiger partial charge in [0, 0.05) is 0 Å². The van der Waals surface area contributed by atoms with Crippen molar-refractivity contribution in [3.8, 4) is 0 Å². The molecule has 0 aliphatic carbocycles. The molecular weight excluding hydrogens is 375 g/mol. The highest BCUT2D eigenvalue weighted by Crippen LogP contribution is 2.32. The lowest BCUT2D eigenvalue weighted by Gasteiger charge is -2.27. The third-order valence-corrected chi connectivity index (χ3v) is 4.26. The van der Waals surface area contributed by atoms with Gasteiger partial charge in [0.05, 0.1) is 41.5 Å². The van der Waals surface area contributed by atoms with E-state index in [2.05, 4.69) is 10.3 Å². The number of ketones is 1. The summed E-state index contributed by atoms with van der Waals surface area (Å²) in [5.74, 6) is -0.472. The van der Waals surface area contributed by atoms with Crippen molar-refractivity contribution in [1.29, 1.82) is 0 Å². The van der Waals surface area contributed by atoms with Crippen LogP contribution in [-0.4, -0.2) is 39.1 Å². The molecule has 1 saturated heterocycles. The summed E-state index contributed by atoms with van der Waals surface area (Å²) < 4.78 is 40.3. The lowest BCUT2D eigenvalue weighted by atomic mass is 9.97. The summed E-state index contributed by atoms with van der Waals surface area (Å²) in [6.45, 7) is 0.0965. The lowest BCUT2D eigenvalue weighted by Crippen LogP contribution is -2.51. The molecule has 1 aliphatic heterocycles. The first-order chi connectivity index (χ1) is 11.8. The number of nitrogens with zero attached hydrogens (tertiary/aromatic N) is 2. The van der Waals surface area contributed by atoms with Crippen molar-refractivity contribution in [1.82, 2.24) is 14.9 Å². The summed E-state index contributed by atoms with van der Waals surface area (Å²) >= 11 is 0. The summed E-state index contributed by atoms with van der Waals surface area (Å²) in [5, 5.41) is 12.2. The van der Waals surface area contributed by atoms with Gasteiger partial charge in [-0.15, -0.1) is 12.4 Å². The van der Waals surface area contributed by atoms with Gasteiger partial charge >= 0.3 is 6.18 Å². The Hall–Kier alpha value is -1.97. The number of rotatable bonds is 3. The van der Waals surface area contributed by atoms with Gasteiger partial charge in [-0.1, -0.05) is 6.07 Å². The van der Waals surface area contributed by atoms with E-state index in [4.69, 9.17) is 0 Å². The Bertz CT molecular complexity index is 869. The van der Waals surface area contributed by atoms with E-state index < -0.39 is 47.2 Å². The van der Waals surface area contributed by atoms with E-state index in [9.17, 15) is 27.9 Å². The number of carbonyl (C=O) groups excluding carboxylic acids is 1. The lowest BCUT2D eigenvalue weighted by molar-refractivity contribution is -0.136. The molecule has 2 aromatic rings. The predicted octanol–water partition coefficient (Wildman–Crippen LogP) is 1.52. The number of carbonyl (C=O) groups is 1. The molecule has 3 rings (SSSR count). The number of piperidine rings is 1. The Morgan fingerprint density at radius 2 is 2.12 bits per heavy atom. The highest BCUT2D eigenvalue weighted by atomic mass is 35.5. The van der Waals surface area contributed by atoms with E-state index in [0.717, 1.165) is 23.4 Å². The Labute approximate surface area is 152 Å². The molecule has 6 nitrogen and oxygen atoms in total. The summed E-state index contributed by atoms with van der Waals surface area (Å²) in [6.07, 6.45) is -3.36. The highest BCUT2D eigenvalue weighted by molar-refractivity contribution is 5.86. The van der Waals surface area contributed by atoms with E-state index in [1.165, 1.54) is 12.1 Å². The normalized spacial score (nSPS) is 20.6. The topological polar surface area (TPSA) is 84.2 Å². The summed E-state index contributed by atoms with van der Waals surface area (Å²) in [7, 11) is 0. The van der Waals surface area contributed by atoms with Crippen molar-refractivity contribution in [3.05, 3.63) is 40.4 Å². The molecule has 0 saturated carbocycles. The first-order valence-electron chi connectivity index (χ1n) is 7.78. The number of benzene rings is 1. The zero-order valence-corrected chi connectivity index (χ0v) is 14.3. The quantitative estimate of drug-likeness (QED) is 0.828. The standard InChI is InChI=1S/C16H16F3N3O3.ClH/c17-16(18,19)9-3-1-4-10-13(9)15(25)22(8-21-10)7-12(24)14-11(23)5-2-6-20-14;/h1,3-4,8,11,14,20,23H,2,5-7H2;1H/t11-,14-;/m0./s1. The smallest absolute Gasteiger partial charge is 0.391 e. The molecule has 142 valence electrons. The van der Waals surface area contributed by atoms with Crippen LogP contribution < -0.4 is 10.9 Å². The molecule has 0 bridgehead atoms. The van der Waals surface area contributed by atoms with Crippen LogP contribution in [0.1, 0.15) is 18.4 Å². The number of hydrogen-bond donors (Lipinski definition) is 2. The Balaban J connectivity index is 0.00000243. The predicted molar refractivity (Wildman–Crippen MR) is 90.3 cm³/mol. The van der Waals surface area contributed by atoms with Crippen molar-refractivity contribution in [2.45, 2.75) is 37.7 Å². The molecule has 2 atom stereocenters. The van der Waals surface area contributed by atoms with Crippen molar-refractivity contribution >= 4 is 29.1 Å². The fourth-order valence-corrected chi connectivity index (χ4v) is 3.02. The van der Waals surface area contributed by atoms with Crippen LogP contribution in [0.4, 0.5) is 13.2 Å². The highest BCUT2D eigenvalue weighted by Gasteiger charge is 2.34. The van der Waals surface area contributed by atoms with Gasteiger partial charge in [-0.25, -0.2) is 4.98 Å². The maximum atomic E-state index is 13.1. The molecule has 1 aliphatic rings. The number of Topliss-reactive ketones (excluding diaryl/α,β-unsaturated/α-hetero) is 1. The summed E-state index contributed by atoms with van der Waals surface area (Å²) in [4.78, 5) is 28.7. The molecular formula is C16H17ClF3N3O3. The van der Waals surface area contributed by atoms with Crippen LogP contribution in [0.25, 0.3) is 10.9 Å². The van der Waals surface area contributed by atoms with Gasteiger partial charge in [-0.3, -0.25) is 14.2 Å². The number of nitrogens with one attached hydrogen (secondary N) is 1. The van der Waals surface area contributed by atoms with Crippen molar-refractivity contribution in [2.24, 2.45) is 0 Å². The second-order valence-electron chi connectivity index (χ2n) is 5.98. The maximum absolute atomic E-state index is 13.1. The third-order valence-electron chi connectivity index (χ3n) is 4.26. The van der Waals surface area contributed by atoms with Crippen LogP contribution in [0.2, 0.25) is 0 Å². The number of halogens is 4. The fourth-order valence-electron chi connectivity index (χ4n) is 3.02. The number of alkyl halides is 3. The average molecular weight is 392 g/mol. The first-order valence-corrected chi connectivity index (χ1v) is 7.78. The molecule has 1 aromatic carbocycles. The van der Waals surface area contributed by atoms with Gasteiger partial charge < -0.3 is 10.4 Å². The zero-order chi connectivity index (χ0) is 18.2. The largest absolute Gasteiger partial charge is 0.417 e. The van der Waals surface area contributed by atoms with Crippen molar-refractivity contribution in [3.63, 3.8) is 0 Å². The van der Waals surface area contributed by atoms with Gasteiger partial charge in [0.25, 0.3) is 5.56 Å². The zero-order valence-electron chi connectivity index (χ0n) is 13.5. The molecule has 0 radical (unpaired) electrons. The van der Waals surface area contributed by atoms with Crippen molar-refractivity contribution in [2.75, 3.05) is 6.54 Å². The number of aromatic nitrogens is 2. The van der Waals surface area contributed by atoms with E-state index in [0.29, 0.717) is 13.0 Å². The van der Waals surface area contributed by atoms with E-state index in [1.54, 1.807) is 0 Å². The SMILES string of the molecule is Cl.O=C(Cn1cnc2cccc(C(F)(F)F)c2c1=O)[C@H]1NCCC[C@@H]1O. The molecule has 2 heterocycles. The van der Waals surface area contributed by atoms with Gasteiger partial charge in [0.2, 0.25) is 0 Å². The second-order valence-corrected chi connectivity index (χ2v) is 5.98. The molecule has 0 unspecified atom stereocenters. The average Bonchev–Trinajstić information content (AvgIpc) is 2.56. The molecule has 0 spiro atoms. The van der Waals surface area contributed by atoms with E-state index in [1.807, 2.05) is 0 Å². The Morgan fingerprint density at radius 3 is 2.77 bits per heavy atom. The maximum Gasteiger partial charge on any atom is 0.417 e. The molecule has 1 aromatic heterocycles. The van der Waals surface area contributed by atoms with Crippen LogP contribution in [0.3, 0.4) is 0 Å². The second kappa shape index (κ2) is 7.73. The Morgan fingerprint density at radius 1 is 1.38 bits per heavy atom. The fraction of sp³-hybridized carbons (Fsp3) is 0.438. The number of aliphatic hydroxyl groups is 1. The molecule has 1 fully saturated rings. The van der Waals surface area contributed by atoms with Crippen LogP contribution >= 0.6 is 12.4 Å². The minimum Gasteiger partial charge on any atom is -0.391 e. The third kappa shape index (κ3) is 3.89. The minimum absolute atomic E-state index is 0. The van der Waals surface area contributed by atoms with Gasteiger partial charge in [0.1, 0.15) is 0 Å². The van der Waals surface area contributed by atoms with E-state index in [-0.39, 0.29) is 17.9 Å². The summed E-state index contributed by atoms with van der Waals surface area (Å²) in [6, 6.07) is 2.46. The van der Waals surface area contributed by atoms with Crippen molar-refractivity contribution < 1.29 is 23.1 Å². The van der Waals surface area contributed by atoms with Gasteiger partial charge in [-0.05, 0) is 31.5 Å². The van der Waals surface area contributed by atoms with E-state index >= 15 is 0 Å². The molecule has 2 N–H and O–H groups in total. The number of fused-ring (bicyclic) bond motifs is 1. The summed E-state index contributed by atoms with van der Waals surface area (Å²) in [5.41, 5.74) is -2.10. The molecule has 10 heteroatoms. The van der Waals surface area contributed by atoms with Crippen LogP contribution in [-0.2, 0) is 17.5 Å². The molecule has 26 heavy (non-hydrogen) atoms. The minimum atomic E-state index is -4.70. The van der Waals surface area contributed by atoms with Crippen LogP contribution in [0, 0.1) is 0 Å².